The van der Waals surface area contributed by atoms with Crippen LogP contribution in [-0.2, 0) is 12.8 Å². The Hall–Kier alpha value is -3.54. The van der Waals surface area contributed by atoms with Gasteiger partial charge in [0.2, 0.25) is 11.5 Å². The highest BCUT2D eigenvalue weighted by atomic mass is 16.3. The van der Waals surface area contributed by atoms with Crippen molar-refractivity contribution in [2.45, 2.75) is 52.4 Å². The molecule has 0 aliphatic carbocycles. The van der Waals surface area contributed by atoms with Gasteiger partial charge < -0.3 is 30.6 Å². The van der Waals surface area contributed by atoms with Crippen LogP contribution in [0.4, 0.5) is 0 Å². The first kappa shape index (κ1) is 23.1. The Morgan fingerprint density at radius 3 is 1.19 bits per heavy atom. The third-order valence-electron chi connectivity index (χ3n) is 6.26. The third-order valence-corrected chi connectivity index (χ3v) is 6.26. The maximum atomic E-state index is 10.0. The summed E-state index contributed by atoms with van der Waals surface area (Å²) in [5.41, 5.74) is 4.84. The van der Waals surface area contributed by atoms with Gasteiger partial charge in [-0.2, -0.15) is 0 Å². The number of benzene rings is 3. The summed E-state index contributed by atoms with van der Waals surface area (Å²) in [6.07, 6.45) is 1.39. The zero-order valence-corrected chi connectivity index (χ0v) is 18.7. The molecule has 0 bridgehead atoms. The van der Waals surface area contributed by atoms with Crippen molar-refractivity contribution in [1.29, 1.82) is 0 Å². The van der Waals surface area contributed by atoms with Gasteiger partial charge in [-0.1, -0.05) is 38.1 Å². The van der Waals surface area contributed by atoms with Crippen molar-refractivity contribution in [2.24, 2.45) is 0 Å². The van der Waals surface area contributed by atoms with Crippen LogP contribution in [0.5, 0.6) is 34.5 Å². The Bertz CT molecular complexity index is 1040. The first-order chi connectivity index (χ1) is 15.0. The molecule has 6 heteroatoms. The van der Waals surface area contributed by atoms with Crippen molar-refractivity contribution < 1.29 is 30.6 Å². The van der Waals surface area contributed by atoms with E-state index in [0.717, 1.165) is 22.3 Å². The van der Waals surface area contributed by atoms with E-state index in [0.29, 0.717) is 24.0 Å². The van der Waals surface area contributed by atoms with Crippen LogP contribution in [0.3, 0.4) is 0 Å². The molecule has 0 heterocycles. The minimum Gasteiger partial charge on any atom is -0.504 e. The molecule has 0 amide bonds. The normalized spacial score (nSPS) is 13.1. The van der Waals surface area contributed by atoms with Crippen molar-refractivity contribution >= 4 is 0 Å². The number of hydrogen-bond acceptors (Lipinski definition) is 6. The number of phenolic OH excluding ortho intramolecular Hbond substituents is 6. The van der Waals surface area contributed by atoms with Crippen LogP contribution in [0.1, 0.15) is 59.1 Å². The van der Waals surface area contributed by atoms with Gasteiger partial charge in [0.1, 0.15) is 0 Å². The van der Waals surface area contributed by atoms with Gasteiger partial charge in [-0.25, -0.2) is 0 Å². The summed E-state index contributed by atoms with van der Waals surface area (Å²) in [5, 5.41) is 59.1. The number of rotatable bonds is 6. The summed E-state index contributed by atoms with van der Waals surface area (Å²) >= 11 is 0. The Morgan fingerprint density at radius 1 is 0.562 bits per heavy atom. The maximum Gasteiger partial charge on any atom is 0.200 e. The maximum absolute atomic E-state index is 10.0. The zero-order valence-electron chi connectivity index (χ0n) is 18.7. The topological polar surface area (TPSA) is 121 Å². The first-order valence-electron chi connectivity index (χ1n) is 10.6. The molecule has 6 N–H and O–H groups in total. The molecule has 0 aliphatic rings. The minimum absolute atomic E-state index is 0.0165. The molecule has 3 aromatic rings. The summed E-state index contributed by atoms with van der Waals surface area (Å²) < 4.78 is 0. The first-order valence-corrected chi connectivity index (χ1v) is 10.6. The summed E-state index contributed by atoms with van der Waals surface area (Å²) in [7, 11) is 0. The molecule has 0 radical (unpaired) electrons. The summed E-state index contributed by atoms with van der Waals surface area (Å²) in [5.74, 6) is -2.22. The van der Waals surface area contributed by atoms with Gasteiger partial charge in [-0.15, -0.1) is 0 Å². The monoisotopic (exact) mass is 438 g/mol. The number of hydrogen-bond donors (Lipinski definition) is 6. The van der Waals surface area contributed by atoms with Crippen LogP contribution >= 0.6 is 0 Å². The number of phenols is 6. The van der Waals surface area contributed by atoms with E-state index in [-0.39, 0.29) is 34.8 Å². The summed E-state index contributed by atoms with van der Waals surface area (Å²) in [4.78, 5) is 0. The van der Waals surface area contributed by atoms with E-state index in [9.17, 15) is 30.6 Å². The molecule has 3 aromatic carbocycles. The molecule has 0 saturated heterocycles. The van der Waals surface area contributed by atoms with E-state index in [1.807, 2.05) is 38.1 Å². The Morgan fingerprint density at radius 2 is 0.875 bits per heavy atom. The lowest BCUT2D eigenvalue weighted by Gasteiger charge is -2.19. The van der Waals surface area contributed by atoms with Crippen molar-refractivity contribution in [2.75, 3.05) is 0 Å². The van der Waals surface area contributed by atoms with Crippen molar-refractivity contribution in [3.63, 3.8) is 0 Å². The van der Waals surface area contributed by atoms with E-state index in [2.05, 4.69) is 0 Å². The predicted molar refractivity (Wildman–Crippen MR) is 123 cm³/mol. The third kappa shape index (κ3) is 4.40. The molecule has 0 aromatic heterocycles. The fourth-order valence-corrected chi connectivity index (χ4v) is 4.28. The molecule has 3 rings (SSSR count). The van der Waals surface area contributed by atoms with Gasteiger partial charge in [-0.05, 0) is 84.0 Å². The highest BCUT2D eigenvalue weighted by molar-refractivity contribution is 5.58. The van der Waals surface area contributed by atoms with E-state index >= 15 is 0 Å². The lowest BCUT2D eigenvalue weighted by atomic mass is 9.88. The molecule has 170 valence electrons. The summed E-state index contributed by atoms with van der Waals surface area (Å²) in [6.45, 7) is 7.43. The molecule has 0 aliphatic heterocycles. The zero-order chi connectivity index (χ0) is 23.7. The van der Waals surface area contributed by atoms with E-state index < -0.39 is 11.5 Å². The Labute approximate surface area is 187 Å². The van der Waals surface area contributed by atoms with Gasteiger partial charge in [0.25, 0.3) is 0 Å². The van der Waals surface area contributed by atoms with Gasteiger partial charge in [0, 0.05) is 0 Å². The van der Waals surface area contributed by atoms with Crippen molar-refractivity contribution in [3.05, 3.63) is 69.8 Å². The fourth-order valence-electron chi connectivity index (χ4n) is 4.28. The highest BCUT2D eigenvalue weighted by Gasteiger charge is 2.19. The van der Waals surface area contributed by atoms with Crippen LogP contribution in [0, 0.1) is 13.8 Å². The van der Waals surface area contributed by atoms with Crippen LogP contribution in [0.2, 0.25) is 0 Å². The van der Waals surface area contributed by atoms with Crippen LogP contribution < -0.4 is 0 Å². The van der Waals surface area contributed by atoms with Gasteiger partial charge in [0.05, 0.1) is 0 Å². The molecule has 0 fully saturated rings. The lowest BCUT2D eigenvalue weighted by molar-refractivity contribution is 0.364. The van der Waals surface area contributed by atoms with Crippen LogP contribution in [0.25, 0.3) is 0 Å². The Kier molecular flexibility index (Phi) is 6.44. The molecule has 2 atom stereocenters. The molecule has 2 unspecified atom stereocenters. The van der Waals surface area contributed by atoms with Gasteiger partial charge in [-0.3, -0.25) is 0 Å². The lowest BCUT2D eigenvalue weighted by Crippen LogP contribution is -2.03. The fraction of sp³-hybridized carbons (Fsp3) is 0.308. The second-order valence-electron chi connectivity index (χ2n) is 8.64. The number of aromatic hydroxyl groups is 6. The van der Waals surface area contributed by atoms with Gasteiger partial charge >= 0.3 is 0 Å². The quantitative estimate of drug-likeness (QED) is 0.293. The minimum atomic E-state index is -0.498. The van der Waals surface area contributed by atoms with Gasteiger partial charge in [0.15, 0.2) is 23.0 Å². The molecule has 0 saturated carbocycles. The molecule has 0 spiro atoms. The summed E-state index contributed by atoms with van der Waals surface area (Å²) in [6, 6.07) is 11.1. The highest BCUT2D eigenvalue weighted by Crippen LogP contribution is 2.43. The second-order valence-corrected chi connectivity index (χ2v) is 8.64. The Balaban J connectivity index is 1.74. The van der Waals surface area contributed by atoms with Crippen LogP contribution in [0.15, 0.2) is 36.4 Å². The standard InChI is InChI=1S/C26H30O6/c1-13(19-11-21(27)25(31)23(29)15(19)3)9-17-5-7-18(8-6-17)10-14(2)20-12-22(28)26(32)24(30)16(20)4/h5-8,11-14,27-32H,9-10H2,1-4H3. The molecule has 32 heavy (non-hydrogen) atoms. The van der Waals surface area contributed by atoms with Crippen molar-refractivity contribution in [1.82, 2.24) is 0 Å². The van der Waals surface area contributed by atoms with Crippen LogP contribution in [-0.4, -0.2) is 30.6 Å². The van der Waals surface area contributed by atoms with E-state index in [4.69, 9.17) is 0 Å². The average Bonchev–Trinajstić information content (AvgIpc) is 2.76. The average molecular weight is 439 g/mol. The van der Waals surface area contributed by atoms with E-state index in [1.165, 1.54) is 12.1 Å². The largest absolute Gasteiger partial charge is 0.504 e. The SMILES string of the molecule is Cc1c(C(C)Cc2ccc(CC(C)c3cc(O)c(O)c(O)c3C)cc2)cc(O)c(O)c1O. The van der Waals surface area contributed by atoms with E-state index in [1.54, 1.807) is 13.8 Å². The smallest absolute Gasteiger partial charge is 0.200 e. The molecular formula is C26H30O6. The molecular weight excluding hydrogens is 408 g/mol. The van der Waals surface area contributed by atoms with Crippen molar-refractivity contribution in [3.8, 4) is 34.5 Å². The molecule has 6 nitrogen and oxygen atoms in total. The predicted octanol–water partition coefficient (Wildman–Crippen LogP) is 5.23. The second kappa shape index (κ2) is 8.91.